The molecule has 0 spiro atoms. The van der Waals surface area contributed by atoms with Crippen LogP contribution >= 0.6 is 0 Å². The van der Waals surface area contributed by atoms with Crippen molar-refractivity contribution in [1.82, 2.24) is 10.2 Å². The summed E-state index contributed by atoms with van der Waals surface area (Å²) in [7, 11) is 0. The number of amides is 3. The number of carboxylic acid groups (broad SMARTS) is 1. The van der Waals surface area contributed by atoms with E-state index in [1.807, 2.05) is 13.8 Å². The van der Waals surface area contributed by atoms with Crippen LogP contribution in [0.3, 0.4) is 0 Å². The largest absolute Gasteiger partial charge is 0.486 e. The Balaban J connectivity index is 1.97. The van der Waals surface area contributed by atoms with E-state index in [1.165, 1.54) is 9.80 Å². The first-order chi connectivity index (χ1) is 11.9. The van der Waals surface area contributed by atoms with Gasteiger partial charge in [-0.2, -0.15) is 0 Å². The number of carbonyl (C=O) groups is 3. The highest BCUT2D eigenvalue weighted by Gasteiger charge is 2.45. The Morgan fingerprint density at radius 1 is 1.36 bits per heavy atom. The van der Waals surface area contributed by atoms with E-state index in [2.05, 4.69) is 5.32 Å². The second-order valence-corrected chi connectivity index (χ2v) is 6.53. The Hall–Kier alpha value is -2.77. The lowest BCUT2D eigenvalue weighted by Gasteiger charge is -2.31. The topological polar surface area (TPSA) is 99.2 Å². The molecule has 0 aliphatic carbocycles. The minimum Gasteiger partial charge on any atom is -0.486 e. The van der Waals surface area contributed by atoms with E-state index >= 15 is 0 Å². The number of carbonyl (C=O) groups excluding carboxylic acids is 2. The molecule has 3 rings (SSSR count). The van der Waals surface area contributed by atoms with Gasteiger partial charge in [0.05, 0.1) is 12.2 Å². The molecule has 2 atom stereocenters. The van der Waals surface area contributed by atoms with Gasteiger partial charge >= 0.3 is 12.0 Å². The standard InChI is InChI=1S/C17H21N3O5/c1-10(2)18-17(24)20-8-11-7-13(20)16(23)19(9-15(21)22)12-5-3-4-6-14(12)25-11/h3-6,10-11,13H,7-9H2,1-2H3,(H,18,24)(H,21,22)/t11-,13-/m0/s1. The molecule has 8 nitrogen and oxygen atoms in total. The molecule has 2 bridgehead atoms. The van der Waals surface area contributed by atoms with Crippen LogP contribution in [0.1, 0.15) is 20.3 Å². The smallest absolute Gasteiger partial charge is 0.323 e. The molecule has 2 aliphatic rings. The molecule has 1 saturated heterocycles. The van der Waals surface area contributed by atoms with Gasteiger partial charge < -0.3 is 20.1 Å². The average molecular weight is 347 g/mol. The third-order valence-electron chi connectivity index (χ3n) is 4.23. The van der Waals surface area contributed by atoms with Crippen LogP contribution in [0.4, 0.5) is 10.5 Å². The molecule has 1 fully saturated rings. The number of anilines is 1. The minimum atomic E-state index is -1.13. The number of hydrogen-bond donors (Lipinski definition) is 2. The fourth-order valence-electron chi connectivity index (χ4n) is 3.23. The summed E-state index contributed by atoms with van der Waals surface area (Å²) in [6.07, 6.45) is 0.0365. The summed E-state index contributed by atoms with van der Waals surface area (Å²) in [6.45, 7) is 3.47. The third kappa shape index (κ3) is 3.38. The molecule has 3 amide bonds. The Morgan fingerprint density at radius 3 is 2.76 bits per heavy atom. The van der Waals surface area contributed by atoms with E-state index in [0.717, 1.165) is 0 Å². The predicted octanol–water partition coefficient (Wildman–Crippen LogP) is 1.06. The van der Waals surface area contributed by atoms with Crippen molar-refractivity contribution in [3.05, 3.63) is 24.3 Å². The quantitative estimate of drug-likeness (QED) is 0.852. The van der Waals surface area contributed by atoms with E-state index < -0.39 is 24.5 Å². The van der Waals surface area contributed by atoms with E-state index in [-0.39, 0.29) is 24.7 Å². The Kier molecular flexibility index (Phi) is 4.52. The zero-order valence-corrected chi connectivity index (χ0v) is 14.1. The van der Waals surface area contributed by atoms with Gasteiger partial charge in [0.2, 0.25) is 0 Å². The first-order valence-corrected chi connectivity index (χ1v) is 8.22. The molecule has 134 valence electrons. The second kappa shape index (κ2) is 6.62. The molecule has 0 radical (unpaired) electrons. The lowest BCUT2D eigenvalue weighted by molar-refractivity contribution is -0.137. The second-order valence-electron chi connectivity index (χ2n) is 6.53. The summed E-state index contributed by atoms with van der Waals surface area (Å²) in [5.74, 6) is -1.08. The lowest BCUT2D eigenvalue weighted by Crippen LogP contribution is -2.52. The molecular weight excluding hydrogens is 326 g/mol. The Bertz CT molecular complexity index is 705. The highest BCUT2D eigenvalue weighted by Crippen LogP contribution is 2.36. The fourth-order valence-corrected chi connectivity index (χ4v) is 3.23. The van der Waals surface area contributed by atoms with Gasteiger partial charge in [0.25, 0.3) is 5.91 Å². The SMILES string of the molecule is CC(C)NC(=O)N1C[C@@H]2C[C@H]1C(=O)N(CC(=O)O)c1ccccc1O2. The van der Waals surface area contributed by atoms with Crippen LogP contribution in [-0.2, 0) is 9.59 Å². The summed E-state index contributed by atoms with van der Waals surface area (Å²) < 4.78 is 5.96. The maximum Gasteiger partial charge on any atom is 0.323 e. The third-order valence-corrected chi connectivity index (χ3v) is 4.23. The van der Waals surface area contributed by atoms with Crippen molar-refractivity contribution in [2.75, 3.05) is 18.0 Å². The van der Waals surface area contributed by atoms with Gasteiger partial charge in [-0.05, 0) is 26.0 Å². The summed E-state index contributed by atoms with van der Waals surface area (Å²) in [5, 5.41) is 12.0. The maximum atomic E-state index is 13.0. The van der Waals surface area contributed by atoms with Crippen LogP contribution < -0.4 is 15.0 Å². The van der Waals surface area contributed by atoms with Crippen molar-refractivity contribution in [2.45, 2.75) is 38.5 Å². The van der Waals surface area contributed by atoms with Crippen LogP contribution in [0.5, 0.6) is 5.75 Å². The molecule has 1 aromatic rings. The molecule has 1 aromatic carbocycles. The summed E-state index contributed by atoms with van der Waals surface area (Å²) in [4.78, 5) is 39.4. The van der Waals surface area contributed by atoms with Gasteiger partial charge in [0, 0.05) is 12.5 Å². The van der Waals surface area contributed by atoms with Gasteiger partial charge in [0.15, 0.2) is 0 Å². The number of urea groups is 1. The van der Waals surface area contributed by atoms with Crippen molar-refractivity contribution in [3.63, 3.8) is 0 Å². The highest BCUT2D eigenvalue weighted by atomic mass is 16.5. The molecule has 2 N–H and O–H groups in total. The van der Waals surface area contributed by atoms with Crippen LogP contribution in [-0.4, -0.2) is 59.2 Å². The zero-order chi connectivity index (χ0) is 18.1. The number of nitrogens with zero attached hydrogens (tertiary/aromatic N) is 2. The number of nitrogens with one attached hydrogen (secondary N) is 1. The van der Waals surface area contributed by atoms with E-state index in [1.54, 1.807) is 24.3 Å². The number of benzene rings is 1. The number of aliphatic carboxylic acids is 1. The van der Waals surface area contributed by atoms with Gasteiger partial charge in [-0.25, -0.2) is 4.79 Å². The van der Waals surface area contributed by atoms with Gasteiger partial charge in [-0.15, -0.1) is 0 Å². The highest BCUT2D eigenvalue weighted by molar-refractivity contribution is 6.03. The van der Waals surface area contributed by atoms with Crippen LogP contribution in [0.2, 0.25) is 0 Å². The van der Waals surface area contributed by atoms with E-state index in [4.69, 9.17) is 4.74 Å². The molecule has 0 saturated carbocycles. The van der Waals surface area contributed by atoms with E-state index in [9.17, 15) is 19.5 Å². The van der Waals surface area contributed by atoms with Crippen molar-refractivity contribution < 1.29 is 24.2 Å². The maximum absolute atomic E-state index is 13.0. The van der Waals surface area contributed by atoms with Gasteiger partial charge in [0.1, 0.15) is 24.4 Å². The van der Waals surface area contributed by atoms with Crippen LogP contribution in [0.25, 0.3) is 0 Å². The molecule has 8 heteroatoms. The summed E-state index contributed by atoms with van der Waals surface area (Å²) >= 11 is 0. The van der Waals surface area contributed by atoms with Gasteiger partial charge in [-0.1, -0.05) is 12.1 Å². The normalized spacial score (nSPS) is 22.1. The van der Waals surface area contributed by atoms with E-state index in [0.29, 0.717) is 17.9 Å². The fraction of sp³-hybridized carbons (Fsp3) is 0.471. The number of carboxylic acids is 1. The molecule has 25 heavy (non-hydrogen) atoms. The average Bonchev–Trinajstić information content (AvgIpc) is 2.96. The van der Waals surface area contributed by atoms with Gasteiger partial charge in [-0.3, -0.25) is 14.5 Å². The monoisotopic (exact) mass is 347 g/mol. The van der Waals surface area contributed by atoms with Crippen molar-refractivity contribution in [3.8, 4) is 5.75 Å². The Morgan fingerprint density at radius 2 is 2.08 bits per heavy atom. The number of para-hydroxylation sites is 2. The predicted molar refractivity (Wildman–Crippen MR) is 89.6 cm³/mol. The number of likely N-dealkylation sites (tertiary alicyclic amines) is 1. The van der Waals surface area contributed by atoms with Crippen molar-refractivity contribution in [2.24, 2.45) is 0 Å². The number of fused-ring (bicyclic) bond motifs is 3. The van der Waals surface area contributed by atoms with Crippen LogP contribution in [0, 0.1) is 0 Å². The van der Waals surface area contributed by atoms with Crippen molar-refractivity contribution >= 4 is 23.6 Å². The summed E-state index contributed by atoms with van der Waals surface area (Å²) in [5.41, 5.74) is 0.413. The summed E-state index contributed by atoms with van der Waals surface area (Å²) in [6, 6.07) is 5.68. The molecule has 0 aromatic heterocycles. The first kappa shape index (κ1) is 17.1. The molecule has 2 aliphatic heterocycles. The number of rotatable bonds is 3. The molecule has 0 unspecified atom stereocenters. The number of ether oxygens (including phenoxy) is 1. The number of hydrogen-bond acceptors (Lipinski definition) is 4. The zero-order valence-electron chi connectivity index (χ0n) is 14.1. The Labute approximate surface area is 145 Å². The first-order valence-electron chi connectivity index (χ1n) is 8.22. The van der Waals surface area contributed by atoms with Crippen molar-refractivity contribution in [1.29, 1.82) is 0 Å². The molecular formula is C17H21N3O5. The minimum absolute atomic E-state index is 0.0688. The molecule has 2 heterocycles. The van der Waals surface area contributed by atoms with Crippen LogP contribution in [0.15, 0.2) is 24.3 Å². The lowest BCUT2D eigenvalue weighted by atomic mass is 10.1.